The fourth-order valence-corrected chi connectivity index (χ4v) is 1.50. The number of nitrogens with zero attached hydrogens (tertiary/aromatic N) is 1. The van der Waals surface area contributed by atoms with Crippen molar-refractivity contribution >= 4 is 17.8 Å². The van der Waals surface area contributed by atoms with E-state index in [9.17, 15) is 14.4 Å². The molecular formula is C11H17NO5. The highest BCUT2D eigenvalue weighted by molar-refractivity contribution is 6.03. The first-order valence-electron chi connectivity index (χ1n) is 5.33. The summed E-state index contributed by atoms with van der Waals surface area (Å²) in [5, 5.41) is 0. The van der Waals surface area contributed by atoms with Gasteiger partial charge in [-0.1, -0.05) is 0 Å². The number of hydrogen-bond acceptors (Lipinski definition) is 5. The van der Waals surface area contributed by atoms with Gasteiger partial charge in [-0.2, -0.15) is 0 Å². The van der Waals surface area contributed by atoms with Crippen LogP contribution in [0.4, 0.5) is 4.79 Å². The molecule has 1 rings (SSSR count). The monoisotopic (exact) mass is 243 g/mol. The molecule has 6 nitrogen and oxygen atoms in total. The molecule has 0 aromatic carbocycles. The van der Waals surface area contributed by atoms with Crippen molar-refractivity contribution in [2.75, 3.05) is 20.2 Å². The summed E-state index contributed by atoms with van der Waals surface area (Å²) in [6, 6.07) is 0. The third-order valence-corrected chi connectivity index (χ3v) is 2.28. The van der Waals surface area contributed by atoms with Crippen LogP contribution in [0, 0.1) is 5.92 Å². The highest BCUT2D eigenvalue weighted by Gasteiger charge is 2.40. The number of methoxy groups -OCH3 is 1. The fraction of sp³-hybridized carbons (Fsp3) is 0.727. The lowest BCUT2D eigenvalue weighted by atomic mass is 10.1. The van der Waals surface area contributed by atoms with Gasteiger partial charge in [-0.3, -0.25) is 14.5 Å². The maximum absolute atomic E-state index is 11.7. The Kier molecular flexibility index (Phi) is 3.75. The van der Waals surface area contributed by atoms with E-state index in [1.807, 2.05) is 0 Å². The minimum Gasteiger partial charge on any atom is -0.468 e. The summed E-state index contributed by atoms with van der Waals surface area (Å²) < 4.78 is 9.61. The minimum atomic E-state index is -0.882. The molecule has 1 aliphatic heterocycles. The Morgan fingerprint density at radius 1 is 1.35 bits per heavy atom. The lowest BCUT2D eigenvalue weighted by Crippen LogP contribution is -2.36. The summed E-state index contributed by atoms with van der Waals surface area (Å²) in [6.45, 7) is 5.14. The number of carbonyl (C=O) groups excluding carboxylic acids is 3. The van der Waals surface area contributed by atoms with E-state index < -0.39 is 23.6 Å². The van der Waals surface area contributed by atoms with Crippen LogP contribution in [0.5, 0.6) is 0 Å². The molecule has 1 atom stereocenters. The highest BCUT2D eigenvalue weighted by Crippen LogP contribution is 2.17. The molecule has 0 saturated carbocycles. The third kappa shape index (κ3) is 3.44. The third-order valence-electron chi connectivity index (χ3n) is 2.28. The molecule has 17 heavy (non-hydrogen) atoms. The van der Waals surface area contributed by atoms with Crippen LogP contribution in [0.2, 0.25) is 0 Å². The molecule has 6 heteroatoms. The number of ether oxygens (including phenoxy) is 2. The molecule has 1 amide bonds. The van der Waals surface area contributed by atoms with Gasteiger partial charge in [0.05, 0.1) is 13.7 Å². The van der Waals surface area contributed by atoms with Crippen LogP contribution in [-0.2, 0) is 19.1 Å². The number of ketones is 1. The first kappa shape index (κ1) is 13.5. The maximum atomic E-state index is 11.7. The van der Waals surface area contributed by atoms with Crippen molar-refractivity contribution < 1.29 is 23.9 Å². The Balaban J connectivity index is 2.63. The second kappa shape index (κ2) is 4.73. The molecule has 0 spiro atoms. The van der Waals surface area contributed by atoms with Crippen LogP contribution >= 0.6 is 0 Å². The van der Waals surface area contributed by atoms with Crippen LogP contribution in [-0.4, -0.2) is 48.5 Å². The lowest BCUT2D eigenvalue weighted by molar-refractivity contribution is -0.147. The average Bonchev–Trinajstić information content (AvgIpc) is 2.57. The average molecular weight is 243 g/mol. The minimum absolute atomic E-state index is 0.0282. The van der Waals surface area contributed by atoms with E-state index in [-0.39, 0.29) is 18.9 Å². The quantitative estimate of drug-likeness (QED) is 0.498. The Morgan fingerprint density at radius 3 is 2.41 bits per heavy atom. The Morgan fingerprint density at radius 2 is 1.94 bits per heavy atom. The van der Waals surface area contributed by atoms with Crippen molar-refractivity contribution in [3.8, 4) is 0 Å². The molecule has 0 bridgehead atoms. The van der Waals surface area contributed by atoms with Crippen molar-refractivity contribution in [2.45, 2.75) is 26.4 Å². The van der Waals surface area contributed by atoms with Crippen LogP contribution in [0.25, 0.3) is 0 Å². The van der Waals surface area contributed by atoms with Gasteiger partial charge in [0.15, 0.2) is 5.78 Å². The molecule has 0 aliphatic carbocycles. The van der Waals surface area contributed by atoms with Crippen molar-refractivity contribution in [3.05, 3.63) is 0 Å². The Bertz CT molecular complexity index is 344. The summed E-state index contributed by atoms with van der Waals surface area (Å²) in [4.78, 5) is 35.6. The summed E-state index contributed by atoms with van der Waals surface area (Å²) in [6.07, 6.45) is -0.586. The van der Waals surface area contributed by atoms with Crippen molar-refractivity contribution in [2.24, 2.45) is 5.92 Å². The smallest absolute Gasteiger partial charge is 0.410 e. The molecule has 0 aromatic rings. The standard InChI is InChI=1S/C11H17NO5/c1-11(2,3)17-10(15)12-5-7(8(13)6-12)9(14)16-4/h7H,5-6H2,1-4H3/t7-/m1/s1. The van der Waals surface area contributed by atoms with Gasteiger partial charge in [0.1, 0.15) is 11.5 Å². The number of likely N-dealkylation sites (tertiary alicyclic amines) is 1. The summed E-state index contributed by atoms with van der Waals surface area (Å²) >= 11 is 0. The van der Waals surface area contributed by atoms with Crippen LogP contribution < -0.4 is 0 Å². The van der Waals surface area contributed by atoms with E-state index in [1.165, 1.54) is 12.0 Å². The van der Waals surface area contributed by atoms with Gasteiger partial charge in [-0.25, -0.2) is 4.79 Å². The molecule has 0 N–H and O–H groups in total. The Labute approximate surface area is 99.9 Å². The van der Waals surface area contributed by atoms with Crippen LogP contribution in [0.15, 0.2) is 0 Å². The second-order valence-electron chi connectivity index (χ2n) is 4.90. The zero-order chi connectivity index (χ0) is 13.2. The summed E-state index contributed by atoms with van der Waals surface area (Å²) in [5.41, 5.74) is -0.622. The molecule has 0 unspecified atom stereocenters. The molecule has 1 heterocycles. The molecule has 0 aromatic heterocycles. The zero-order valence-electron chi connectivity index (χ0n) is 10.5. The molecule has 96 valence electrons. The van der Waals surface area contributed by atoms with E-state index in [1.54, 1.807) is 20.8 Å². The molecular weight excluding hydrogens is 226 g/mol. The van der Waals surface area contributed by atoms with Gasteiger partial charge in [0, 0.05) is 6.54 Å². The van der Waals surface area contributed by atoms with E-state index in [0.717, 1.165) is 0 Å². The van der Waals surface area contributed by atoms with Crippen LogP contribution in [0.3, 0.4) is 0 Å². The topological polar surface area (TPSA) is 72.9 Å². The summed E-state index contributed by atoms with van der Waals surface area (Å²) in [7, 11) is 1.21. The predicted octanol–water partition coefficient (Wildman–Crippen LogP) is 0.595. The normalized spacial score (nSPS) is 20.4. The number of rotatable bonds is 1. The number of esters is 1. The number of carbonyl (C=O) groups is 3. The molecule has 1 aliphatic rings. The van der Waals surface area contributed by atoms with Crippen molar-refractivity contribution in [1.29, 1.82) is 0 Å². The second-order valence-corrected chi connectivity index (χ2v) is 4.90. The number of amides is 1. The van der Waals surface area contributed by atoms with Crippen molar-refractivity contribution in [1.82, 2.24) is 4.90 Å². The van der Waals surface area contributed by atoms with E-state index in [4.69, 9.17) is 4.74 Å². The van der Waals surface area contributed by atoms with Gasteiger partial charge in [-0.15, -0.1) is 0 Å². The maximum Gasteiger partial charge on any atom is 0.410 e. The summed E-state index contributed by atoms with van der Waals surface area (Å²) in [5.74, 6) is -1.81. The predicted molar refractivity (Wildman–Crippen MR) is 58.3 cm³/mol. The SMILES string of the molecule is COC(=O)[C@@H]1CN(C(=O)OC(C)(C)C)CC1=O. The van der Waals surface area contributed by atoms with Gasteiger partial charge in [-0.05, 0) is 20.8 Å². The van der Waals surface area contributed by atoms with E-state index in [2.05, 4.69) is 4.74 Å². The molecule has 1 saturated heterocycles. The zero-order valence-corrected chi connectivity index (χ0v) is 10.5. The van der Waals surface area contributed by atoms with E-state index >= 15 is 0 Å². The van der Waals surface area contributed by atoms with E-state index in [0.29, 0.717) is 0 Å². The highest BCUT2D eigenvalue weighted by atomic mass is 16.6. The fourth-order valence-electron chi connectivity index (χ4n) is 1.50. The number of Topliss-reactive ketones (excluding diaryl/α,β-unsaturated/α-hetero) is 1. The van der Waals surface area contributed by atoms with Gasteiger partial charge in [0.25, 0.3) is 0 Å². The van der Waals surface area contributed by atoms with Crippen LogP contribution in [0.1, 0.15) is 20.8 Å². The van der Waals surface area contributed by atoms with Crippen molar-refractivity contribution in [3.63, 3.8) is 0 Å². The Hall–Kier alpha value is -1.59. The van der Waals surface area contributed by atoms with Gasteiger partial charge < -0.3 is 9.47 Å². The van der Waals surface area contributed by atoms with Gasteiger partial charge in [0.2, 0.25) is 0 Å². The molecule has 0 radical (unpaired) electrons. The number of hydrogen-bond donors (Lipinski definition) is 0. The molecule has 1 fully saturated rings. The lowest BCUT2D eigenvalue weighted by Gasteiger charge is -2.23. The first-order valence-corrected chi connectivity index (χ1v) is 5.33. The first-order chi connectivity index (χ1) is 7.74. The largest absolute Gasteiger partial charge is 0.468 e. The van der Waals surface area contributed by atoms with Gasteiger partial charge >= 0.3 is 12.1 Å².